The molecule has 6 heteroatoms. The van der Waals surface area contributed by atoms with Crippen LogP contribution in [0.4, 0.5) is 13.2 Å². The molecule has 1 aromatic rings. The van der Waals surface area contributed by atoms with Crippen LogP contribution < -0.4 is 4.74 Å². The number of carbonyl (C=O) groups is 1. The smallest absolute Gasteiger partial charge is 0.459 e. The van der Waals surface area contributed by atoms with E-state index < -0.39 is 17.9 Å². The third kappa shape index (κ3) is 3.37. The summed E-state index contributed by atoms with van der Waals surface area (Å²) >= 11 is 0. The fourth-order valence-corrected chi connectivity index (χ4v) is 1.12. The van der Waals surface area contributed by atoms with Gasteiger partial charge in [0.1, 0.15) is 11.6 Å². The highest BCUT2D eigenvalue weighted by Crippen LogP contribution is 2.26. The summed E-state index contributed by atoms with van der Waals surface area (Å²) in [4.78, 5) is 10.9. The predicted octanol–water partition coefficient (Wildman–Crippen LogP) is 2.67. The average Bonchev–Trinajstić information content (AvgIpc) is 2.22. The Labute approximate surface area is 96.1 Å². The monoisotopic (exact) mass is 248 g/mol. The van der Waals surface area contributed by atoms with Gasteiger partial charge in [0.2, 0.25) is 0 Å². The van der Waals surface area contributed by atoms with E-state index in [0.29, 0.717) is 0 Å². The lowest BCUT2D eigenvalue weighted by molar-refractivity contribution is -0.216. The topological polar surface area (TPSA) is 35.5 Å². The molecule has 3 nitrogen and oxygen atoms in total. The first-order valence-corrected chi connectivity index (χ1v) is 4.87. The lowest BCUT2D eigenvalue weighted by atomic mass is 10.2. The Morgan fingerprint density at radius 2 is 2.06 bits per heavy atom. The summed E-state index contributed by atoms with van der Waals surface area (Å²) in [6.07, 6.45) is -4.08. The molecule has 0 saturated heterocycles. The summed E-state index contributed by atoms with van der Waals surface area (Å²) < 4.78 is 47.5. The van der Waals surface area contributed by atoms with Crippen molar-refractivity contribution in [1.29, 1.82) is 0 Å². The largest absolute Gasteiger partial charge is 0.502 e. The van der Waals surface area contributed by atoms with Crippen molar-refractivity contribution in [1.82, 2.24) is 0 Å². The fraction of sp³-hybridized carbons (Fsp3) is 0.364. The Bertz CT molecular complexity index is 418. The quantitative estimate of drug-likeness (QED) is 0.768. The van der Waals surface area contributed by atoms with Crippen molar-refractivity contribution in [3.05, 3.63) is 29.6 Å². The number of carbonyl (C=O) groups excluding carboxylic acids is 1. The van der Waals surface area contributed by atoms with Gasteiger partial charge >= 0.3 is 12.1 Å². The Morgan fingerprint density at radius 3 is 2.59 bits per heavy atom. The standard InChI is InChI=1S/C11H11F3O3/c1-3-16-10(15)11(13,14)17-9-5-4-8(12)6-7(9)2/h4-6H,3H2,1-2H3. The van der Waals surface area contributed by atoms with Crippen molar-refractivity contribution in [3.63, 3.8) is 0 Å². The first-order chi connectivity index (χ1) is 7.86. The molecule has 17 heavy (non-hydrogen) atoms. The molecular formula is C11H11F3O3. The van der Waals surface area contributed by atoms with Crippen LogP contribution in [-0.4, -0.2) is 18.7 Å². The van der Waals surface area contributed by atoms with Gasteiger partial charge in [-0.2, -0.15) is 8.78 Å². The molecule has 0 spiro atoms. The molecule has 1 aromatic carbocycles. The van der Waals surface area contributed by atoms with E-state index in [9.17, 15) is 18.0 Å². The van der Waals surface area contributed by atoms with Crippen molar-refractivity contribution < 1.29 is 27.4 Å². The lowest BCUT2D eigenvalue weighted by Crippen LogP contribution is -2.37. The van der Waals surface area contributed by atoms with E-state index in [1.165, 1.54) is 13.8 Å². The maximum absolute atomic E-state index is 13.2. The molecule has 0 aliphatic carbocycles. The van der Waals surface area contributed by atoms with Gasteiger partial charge in [-0.15, -0.1) is 0 Å². The number of benzene rings is 1. The van der Waals surface area contributed by atoms with Crippen LogP contribution in [0.25, 0.3) is 0 Å². The number of esters is 1. The van der Waals surface area contributed by atoms with Gasteiger partial charge in [-0.05, 0) is 37.6 Å². The molecule has 0 radical (unpaired) electrons. The molecule has 0 aromatic heterocycles. The van der Waals surface area contributed by atoms with Gasteiger partial charge in [-0.25, -0.2) is 9.18 Å². The molecule has 94 valence electrons. The maximum Gasteiger partial charge on any atom is 0.502 e. The number of hydrogen-bond acceptors (Lipinski definition) is 3. The molecule has 1 rings (SSSR count). The molecular weight excluding hydrogens is 237 g/mol. The summed E-state index contributed by atoms with van der Waals surface area (Å²) in [6.45, 7) is 2.61. The average molecular weight is 248 g/mol. The van der Waals surface area contributed by atoms with Gasteiger partial charge in [0.25, 0.3) is 0 Å². The van der Waals surface area contributed by atoms with Crippen LogP contribution >= 0.6 is 0 Å². The van der Waals surface area contributed by atoms with Crippen LogP contribution in [0.1, 0.15) is 12.5 Å². The van der Waals surface area contributed by atoms with Crippen molar-refractivity contribution in [2.75, 3.05) is 6.61 Å². The summed E-state index contributed by atoms with van der Waals surface area (Å²) in [5, 5.41) is 0. The third-order valence-corrected chi connectivity index (χ3v) is 1.89. The Hall–Kier alpha value is -1.72. The molecule has 0 fully saturated rings. The highest BCUT2D eigenvalue weighted by Gasteiger charge is 2.44. The van der Waals surface area contributed by atoms with E-state index >= 15 is 0 Å². The van der Waals surface area contributed by atoms with Crippen LogP contribution in [0.2, 0.25) is 0 Å². The zero-order valence-electron chi connectivity index (χ0n) is 9.30. The minimum Gasteiger partial charge on any atom is -0.459 e. The highest BCUT2D eigenvalue weighted by atomic mass is 19.3. The number of aryl methyl sites for hydroxylation is 1. The van der Waals surface area contributed by atoms with Crippen LogP contribution in [0, 0.1) is 12.7 Å². The summed E-state index contributed by atoms with van der Waals surface area (Å²) in [5.41, 5.74) is 0.161. The molecule has 0 bridgehead atoms. The Kier molecular flexibility index (Phi) is 3.98. The van der Waals surface area contributed by atoms with E-state index in [0.717, 1.165) is 18.2 Å². The van der Waals surface area contributed by atoms with Crippen LogP contribution in [0.5, 0.6) is 5.75 Å². The summed E-state index contributed by atoms with van der Waals surface area (Å²) in [5.74, 6) is -2.62. The third-order valence-electron chi connectivity index (χ3n) is 1.89. The summed E-state index contributed by atoms with van der Waals surface area (Å²) in [7, 11) is 0. The van der Waals surface area contributed by atoms with Gasteiger partial charge in [0.15, 0.2) is 0 Å². The van der Waals surface area contributed by atoms with Crippen molar-refractivity contribution in [2.45, 2.75) is 20.0 Å². The van der Waals surface area contributed by atoms with E-state index in [-0.39, 0.29) is 17.9 Å². The second-order valence-corrected chi connectivity index (χ2v) is 3.25. The molecule has 0 amide bonds. The minimum absolute atomic E-state index is 0.161. The number of ether oxygens (including phenoxy) is 2. The normalized spacial score (nSPS) is 11.1. The lowest BCUT2D eigenvalue weighted by Gasteiger charge is -2.17. The number of halogens is 3. The van der Waals surface area contributed by atoms with Gasteiger partial charge in [0, 0.05) is 0 Å². The van der Waals surface area contributed by atoms with Gasteiger partial charge in [-0.1, -0.05) is 0 Å². The Balaban J connectivity index is 2.86. The SMILES string of the molecule is CCOC(=O)C(F)(F)Oc1ccc(F)cc1C. The number of rotatable bonds is 4. The van der Waals surface area contributed by atoms with Crippen molar-refractivity contribution in [2.24, 2.45) is 0 Å². The zero-order valence-corrected chi connectivity index (χ0v) is 9.30. The molecule has 0 aliphatic rings. The summed E-state index contributed by atoms with van der Waals surface area (Å²) in [6, 6.07) is 3.01. The van der Waals surface area contributed by atoms with E-state index in [1.807, 2.05) is 0 Å². The molecule has 0 aliphatic heterocycles. The van der Waals surface area contributed by atoms with Crippen molar-refractivity contribution >= 4 is 5.97 Å². The second-order valence-electron chi connectivity index (χ2n) is 3.25. The van der Waals surface area contributed by atoms with Gasteiger partial charge < -0.3 is 9.47 Å². The zero-order chi connectivity index (χ0) is 13.1. The van der Waals surface area contributed by atoms with E-state index in [2.05, 4.69) is 9.47 Å². The van der Waals surface area contributed by atoms with Crippen molar-refractivity contribution in [3.8, 4) is 5.75 Å². The molecule has 0 saturated carbocycles. The fourth-order valence-electron chi connectivity index (χ4n) is 1.12. The van der Waals surface area contributed by atoms with Crippen LogP contribution in [-0.2, 0) is 9.53 Å². The van der Waals surface area contributed by atoms with E-state index in [1.54, 1.807) is 0 Å². The maximum atomic E-state index is 13.2. The van der Waals surface area contributed by atoms with Gasteiger partial charge in [0.05, 0.1) is 6.61 Å². The van der Waals surface area contributed by atoms with Gasteiger partial charge in [-0.3, -0.25) is 0 Å². The minimum atomic E-state index is -4.08. The molecule has 0 unspecified atom stereocenters. The number of alkyl halides is 2. The first-order valence-electron chi connectivity index (χ1n) is 4.87. The second kappa shape index (κ2) is 5.07. The number of hydrogen-bond donors (Lipinski definition) is 0. The van der Waals surface area contributed by atoms with Crippen LogP contribution in [0.3, 0.4) is 0 Å². The first kappa shape index (κ1) is 13.3. The van der Waals surface area contributed by atoms with E-state index in [4.69, 9.17) is 0 Å². The molecule has 0 heterocycles. The highest BCUT2D eigenvalue weighted by molar-refractivity contribution is 5.76. The Morgan fingerprint density at radius 1 is 1.41 bits per heavy atom. The molecule has 0 atom stereocenters. The predicted molar refractivity (Wildman–Crippen MR) is 53.3 cm³/mol. The molecule has 0 N–H and O–H groups in total. The van der Waals surface area contributed by atoms with Crippen LogP contribution in [0.15, 0.2) is 18.2 Å².